The highest BCUT2D eigenvalue weighted by atomic mass is 35.5. The monoisotopic (exact) mass is 320 g/mol. The molecule has 0 saturated heterocycles. The van der Waals surface area contributed by atoms with Crippen molar-refractivity contribution < 1.29 is 14.6 Å². The van der Waals surface area contributed by atoms with Crippen LogP contribution in [0.15, 0.2) is 18.2 Å². The molecule has 0 bridgehead atoms. The van der Waals surface area contributed by atoms with Gasteiger partial charge in [-0.05, 0) is 25.1 Å². The van der Waals surface area contributed by atoms with Crippen LogP contribution in [0.2, 0.25) is 10.0 Å². The predicted molar refractivity (Wildman–Crippen MR) is 80.5 cm³/mol. The topological polar surface area (TPSA) is 70.6 Å². The van der Waals surface area contributed by atoms with Crippen molar-refractivity contribution in [1.29, 1.82) is 0 Å². The summed E-state index contributed by atoms with van der Waals surface area (Å²) in [5.41, 5.74) is 0.425. The molecular weight excluding hydrogens is 303 g/mol. The van der Waals surface area contributed by atoms with Crippen LogP contribution in [0.3, 0.4) is 0 Å². The molecule has 0 saturated carbocycles. The van der Waals surface area contributed by atoms with E-state index in [9.17, 15) is 4.79 Å². The van der Waals surface area contributed by atoms with Crippen molar-refractivity contribution in [3.8, 4) is 0 Å². The van der Waals surface area contributed by atoms with Crippen LogP contribution >= 0.6 is 23.2 Å². The van der Waals surface area contributed by atoms with E-state index >= 15 is 0 Å². The fourth-order valence-electron chi connectivity index (χ4n) is 1.47. The van der Waals surface area contributed by atoms with Crippen molar-refractivity contribution in [2.24, 2.45) is 0 Å². The number of aliphatic hydroxyl groups excluding tert-OH is 1. The second kappa shape index (κ2) is 9.96. The number of para-hydroxylation sites is 1. The van der Waals surface area contributed by atoms with E-state index < -0.39 is 0 Å². The van der Waals surface area contributed by atoms with Crippen LogP contribution in [-0.2, 0) is 9.53 Å². The third kappa shape index (κ3) is 6.54. The van der Waals surface area contributed by atoms with Gasteiger partial charge >= 0.3 is 0 Å². The van der Waals surface area contributed by atoms with Gasteiger partial charge in [-0.3, -0.25) is 4.79 Å². The number of amides is 1. The molecule has 0 heterocycles. The first kappa shape index (κ1) is 17.2. The number of ether oxygens (including phenoxy) is 1. The first-order valence-electron chi connectivity index (χ1n) is 6.28. The smallest absolute Gasteiger partial charge is 0.238 e. The molecule has 0 unspecified atom stereocenters. The van der Waals surface area contributed by atoms with E-state index in [1.807, 2.05) is 0 Å². The predicted octanol–water partition coefficient (Wildman–Crippen LogP) is 1.92. The highest BCUT2D eigenvalue weighted by molar-refractivity contribution is 6.39. The Bertz CT molecular complexity index is 410. The number of nitrogens with one attached hydrogen (secondary N) is 2. The van der Waals surface area contributed by atoms with Gasteiger partial charge < -0.3 is 20.5 Å². The van der Waals surface area contributed by atoms with Crippen LogP contribution in [-0.4, -0.2) is 43.9 Å². The van der Waals surface area contributed by atoms with E-state index in [2.05, 4.69) is 10.6 Å². The maximum Gasteiger partial charge on any atom is 0.238 e. The van der Waals surface area contributed by atoms with Gasteiger partial charge in [-0.2, -0.15) is 0 Å². The van der Waals surface area contributed by atoms with Gasteiger partial charge in [-0.15, -0.1) is 0 Å². The Morgan fingerprint density at radius 2 is 1.95 bits per heavy atom. The minimum Gasteiger partial charge on any atom is -0.394 e. The molecule has 0 radical (unpaired) electrons. The average molecular weight is 321 g/mol. The zero-order chi connectivity index (χ0) is 14.8. The van der Waals surface area contributed by atoms with Crippen LogP contribution in [0, 0.1) is 0 Å². The van der Waals surface area contributed by atoms with Crippen LogP contribution in [0.4, 0.5) is 5.69 Å². The summed E-state index contributed by atoms with van der Waals surface area (Å²) in [6.07, 6.45) is 0.764. The Balaban J connectivity index is 2.21. The zero-order valence-electron chi connectivity index (χ0n) is 11.0. The van der Waals surface area contributed by atoms with Gasteiger partial charge in [-0.25, -0.2) is 0 Å². The van der Waals surface area contributed by atoms with Gasteiger partial charge in [0.1, 0.15) is 0 Å². The standard InChI is InChI=1S/C13H18Cl2N2O3/c14-10-3-1-4-11(15)13(10)17-12(19)9-16-5-2-7-20-8-6-18/h1,3-4,16,18H,2,5-9H2,(H,17,19). The number of carbonyl (C=O) groups excluding carboxylic acids is 1. The lowest BCUT2D eigenvalue weighted by Gasteiger charge is -2.09. The van der Waals surface area contributed by atoms with Crippen LogP contribution in [0.1, 0.15) is 6.42 Å². The molecule has 1 amide bonds. The molecule has 7 heteroatoms. The summed E-state index contributed by atoms with van der Waals surface area (Å²) in [7, 11) is 0. The molecule has 0 aliphatic heterocycles. The molecule has 0 fully saturated rings. The number of benzene rings is 1. The van der Waals surface area contributed by atoms with Crippen LogP contribution < -0.4 is 10.6 Å². The summed E-state index contributed by atoms with van der Waals surface area (Å²) in [6, 6.07) is 5.04. The third-order valence-corrected chi connectivity index (χ3v) is 3.02. The molecule has 1 rings (SSSR count). The number of hydrogen-bond acceptors (Lipinski definition) is 4. The molecule has 0 aliphatic rings. The normalized spacial score (nSPS) is 10.6. The Morgan fingerprint density at radius 3 is 2.60 bits per heavy atom. The van der Waals surface area contributed by atoms with Crippen molar-refractivity contribution in [3.05, 3.63) is 28.2 Å². The summed E-state index contributed by atoms with van der Waals surface area (Å²) in [4.78, 5) is 11.7. The highest BCUT2D eigenvalue weighted by Gasteiger charge is 2.08. The minimum absolute atomic E-state index is 0.0223. The van der Waals surface area contributed by atoms with E-state index in [0.717, 1.165) is 6.42 Å². The molecule has 0 aliphatic carbocycles. The average Bonchev–Trinajstić information content (AvgIpc) is 2.42. The van der Waals surface area contributed by atoms with Gasteiger partial charge in [0.2, 0.25) is 5.91 Å². The van der Waals surface area contributed by atoms with E-state index in [-0.39, 0.29) is 19.1 Å². The van der Waals surface area contributed by atoms with E-state index in [1.54, 1.807) is 18.2 Å². The number of aliphatic hydroxyl groups is 1. The molecule has 5 nitrogen and oxygen atoms in total. The third-order valence-electron chi connectivity index (χ3n) is 2.39. The van der Waals surface area contributed by atoms with Crippen molar-refractivity contribution in [2.75, 3.05) is 38.2 Å². The van der Waals surface area contributed by atoms with Crippen molar-refractivity contribution in [2.45, 2.75) is 6.42 Å². The van der Waals surface area contributed by atoms with Crippen molar-refractivity contribution in [1.82, 2.24) is 5.32 Å². The summed E-state index contributed by atoms with van der Waals surface area (Å²) in [6.45, 7) is 1.72. The lowest BCUT2D eigenvalue weighted by molar-refractivity contribution is -0.115. The largest absolute Gasteiger partial charge is 0.394 e. The molecule has 1 aromatic carbocycles. The molecular formula is C13H18Cl2N2O3. The molecule has 20 heavy (non-hydrogen) atoms. The minimum atomic E-state index is -0.212. The van der Waals surface area contributed by atoms with Gasteiger partial charge in [0.25, 0.3) is 0 Å². The van der Waals surface area contributed by atoms with E-state index in [4.69, 9.17) is 33.0 Å². The zero-order valence-corrected chi connectivity index (χ0v) is 12.5. The summed E-state index contributed by atoms with van der Waals surface area (Å²) in [5, 5.41) is 15.0. The van der Waals surface area contributed by atoms with Crippen molar-refractivity contribution >= 4 is 34.8 Å². The molecule has 112 valence electrons. The Morgan fingerprint density at radius 1 is 1.25 bits per heavy atom. The molecule has 0 atom stereocenters. The summed E-state index contributed by atoms with van der Waals surface area (Å²) < 4.78 is 5.09. The quantitative estimate of drug-likeness (QED) is 0.608. The summed E-state index contributed by atoms with van der Waals surface area (Å²) >= 11 is 11.9. The SMILES string of the molecule is O=C(CNCCCOCCO)Nc1c(Cl)cccc1Cl. The Labute approximate surface area is 128 Å². The first-order valence-corrected chi connectivity index (χ1v) is 7.04. The number of rotatable bonds is 9. The number of carbonyl (C=O) groups is 1. The summed E-state index contributed by atoms with van der Waals surface area (Å²) in [5.74, 6) is -0.212. The molecule has 0 spiro atoms. The van der Waals surface area contributed by atoms with Gasteiger partial charge in [0.05, 0.1) is 35.5 Å². The fraction of sp³-hybridized carbons (Fsp3) is 0.462. The maximum atomic E-state index is 11.7. The van der Waals surface area contributed by atoms with Crippen molar-refractivity contribution in [3.63, 3.8) is 0 Å². The lowest BCUT2D eigenvalue weighted by Crippen LogP contribution is -2.29. The highest BCUT2D eigenvalue weighted by Crippen LogP contribution is 2.29. The van der Waals surface area contributed by atoms with Crippen LogP contribution in [0.25, 0.3) is 0 Å². The van der Waals surface area contributed by atoms with Gasteiger partial charge in [-0.1, -0.05) is 29.3 Å². The second-order valence-corrected chi connectivity index (χ2v) is 4.83. The molecule has 1 aromatic rings. The number of anilines is 1. The van der Waals surface area contributed by atoms with Crippen LogP contribution in [0.5, 0.6) is 0 Å². The molecule has 3 N–H and O–H groups in total. The van der Waals surface area contributed by atoms with E-state index in [0.29, 0.717) is 35.5 Å². The lowest BCUT2D eigenvalue weighted by atomic mass is 10.3. The number of hydrogen-bond donors (Lipinski definition) is 3. The second-order valence-electron chi connectivity index (χ2n) is 4.01. The Kier molecular flexibility index (Phi) is 8.57. The maximum absolute atomic E-state index is 11.7. The fourth-order valence-corrected chi connectivity index (χ4v) is 1.96. The Hall–Kier alpha value is -0.850. The first-order chi connectivity index (χ1) is 9.65. The van der Waals surface area contributed by atoms with Gasteiger partial charge in [0.15, 0.2) is 0 Å². The van der Waals surface area contributed by atoms with Gasteiger partial charge in [0, 0.05) is 6.61 Å². The molecule has 0 aromatic heterocycles. The number of halogens is 2. The van der Waals surface area contributed by atoms with E-state index in [1.165, 1.54) is 0 Å².